The van der Waals surface area contributed by atoms with Crippen LogP contribution >= 0.6 is 24.0 Å². The molecule has 0 bridgehead atoms. The third-order valence-electron chi connectivity index (χ3n) is 5.19. The Hall–Kier alpha value is -0.860. The van der Waals surface area contributed by atoms with Crippen molar-refractivity contribution in [2.75, 3.05) is 33.3 Å². The van der Waals surface area contributed by atoms with E-state index in [0.29, 0.717) is 12.6 Å². The minimum absolute atomic E-state index is 0. The van der Waals surface area contributed by atoms with E-state index in [1.807, 2.05) is 0 Å². The largest absolute Gasteiger partial charge is 0.379 e. The van der Waals surface area contributed by atoms with Gasteiger partial charge in [-0.1, -0.05) is 51.1 Å². The van der Waals surface area contributed by atoms with Gasteiger partial charge in [-0.3, -0.25) is 9.89 Å². The van der Waals surface area contributed by atoms with E-state index < -0.39 is 0 Å². The van der Waals surface area contributed by atoms with Gasteiger partial charge in [-0.15, -0.1) is 24.0 Å². The molecule has 1 aliphatic rings. The molecule has 1 heterocycles. The summed E-state index contributed by atoms with van der Waals surface area (Å²) in [6.07, 6.45) is 2.40. The molecule has 0 amide bonds. The van der Waals surface area contributed by atoms with Crippen LogP contribution < -0.4 is 10.6 Å². The van der Waals surface area contributed by atoms with Gasteiger partial charge in [-0.25, -0.2) is 0 Å². The molecule has 2 rings (SSSR count). The van der Waals surface area contributed by atoms with Crippen molar-refractivity contribution in [3.8, 4) is 0 Å². The second-order valence-corrected chi connectivity index (χ2v) is 8.49. The summed E-state index contributed by atoms with van der Waals surface area (Å²) in [5.74, 6) is 0.908. The number of aliphatic imine (C=N–C) groups is 1. The number of nitrogens with zero attached hydrogens (tertiary/aromatic N) is 2. The highest BCUT2D eigenvalue weighted by atomic mass is 127. The van der Waals surface area contributed by atoms with Crippen LogP contribution in [0.1, 0.15) is 46.1 Å². The zero-order chi connectivity index (χ0) is 19.7. The summed E-state index contributed by atoms with van der Waals surface area (Å²) in [6.45, 7) is 13.5. The van der Waals surface area contributed by atoms with Crippen LogP contribution in [0.3, 0.4) is 0 Å². The lowest BCUT2D eigenvalue weighted by molar-refractivity contribution is 0.0241. The van der Waals surface area contributed by atoms with E-state index in [-0.39, 0.29) is 35.5 Å². The average molecular weight is 502 g/mol. The van der Waals surface area contributed by atoms with Crippen LogP contribution in [0.15, 0.2) is 35.3 Å². The number of methoxy groups -OCH3 is 1. The summed E-state index contributed by atoms with van der Waals surface area (Å²) in [5, 5.41) is 7.01. The molecular formula is C22H39IN4O. The second-order valence-electron chi connectivity index (χ2n) is 8.49. The predicted molar refractivity (Wildman–Crippen MR) is 130 cm³/mol. The predicted octanol–water partition coefficient (Wildman–Crippen LogP) is 3.89. The van der Waals surface area contributed by atoms with Crippen LogP contribution in [0.5, 0.6) is 0 Å². The van der Waals surface area contributed by atoms with E-state index in [1.54, 1.807) is 7.11 Å². The fraction of sp³-hybridized carbons (Fsp3) is 0.682. The lowest BCUT2D eigenvalue weighted by Crippen LogP contribution is -2.49. The molecule has 0 saturated carbocycles. The first-order valence-electron chi connectivity index (χ1n) is 10.3. The molecule has 1 saturated heterocycles. The molecule has 1 aromatic rings. The fourth-order valence-electron chi connectivity index (χ4n) is 3.47. The quantitative estimate of drug-likeness (QED) is 0.338. The number of halogens is 1. The Morgan fingerprint density at radius 1 is 1.21 bits per heavy atom. The van der Waals surface area contributed by atoms with Crippen molar-refractivity contribution in [1.29, 1.82) is 0 Å². The van der Waals surface area contributed by atoms with Gasteiger partial charge in [0, 0.05) is 39.3 Å². The molecule has 2 N–H and O–H groups in total. The highest BCUT2D eigenvalue weighted by Crippen LogP contribution is 2.22. The van der Waals surface area contributed by atoms with Crippen molar-refractivity contribution in [2.24, 2.45) is 10.4 Å². The third kappa shape index (κ3) is 8.66. The van der Waals surface area contributed by atoms with Crippen molar-refractivity contribution in [3.05, 3.63) is 35.9 Å². The second kappa shape index (κ2) is 12.6. The first-order chi connectivity index (χ1) is 12.9. The van der Waals surface area contributed by atoms with Gasteiger partial charge in [-0.05, 0) is 30.7 Å². The molecule has 0 aliphatic carbocycles. The van der Waals surface area contributed by atoms with Crippen LogP contribution in [-0.4, -0.2) is 56.3 Å². The molecule has 1 aromatic carbocycles. The monoisotopic (exact) mass is 502 g/mol. The van der Waals surface area contributed by atoms with E-state index in [2.05, 4.69) is 73.6 Å². The smallest absolute Gasteiger partial charge is 0.191 e. The van der Waals surface area contributed by atoms with Crippen LogP contribution in [0, 0.1) is 5.41 Å². The number of rotatable bonds is 7. The minimum atomic E-state index is 0. The van der Waals surface area contributed by atoms with Crippen LogP contribution in [0.2, 0.25) is 0 Å². The van der Waals surface area contributed by atoms with Gasteiger partial charge >= 0.3 is 0 Å². The van der Waals surface area contributed by atoms with Gasteiger partial charge in [0.15, 0.2) is 5.96 Å². The lowest BCUT2D eigenvalue weighted by atomic mass is 9.89. The maximum absolute atomic E-state index is 5.63. The van der Waals surface area contributed by atoms with E-state index in [4.69, 9.17) is 9.73 Å². The fourth-order valence-corrected chi connectivity index (χ4v) is 3.47. The highest BCUT2D eigenvalue weighted by Gasteiger charge is 2.25. The number of hydrogen-bond acceptors (Lipinski definition) is 3. The summed E-state index contributed by atoms with van der Waals surface area (Å²) >= 11 is 0. The number of benzene rings is 1. The molecule has 0 spiro atoms. The molecule has 160 valence electrons. The SMILES string of the molecule is CCNC(=NCC(OC)C(C)(C)C)NC1CCN(Cc2ccccc2)CC1.I. The zero-order valence-corrected chi connectivity index (χ0v) is 20.5. The summed E-state index contributed by atoms with van der Waals surface area (Å²) < 4.78 is 5.63. The van der Waals surface area contributed by atoms with Crippen LogP contribution in [0.4, 0.5) is 0 Å². The van der Waals surface area contributed by atoms with Crippen LogP contribution in [-0.2, 0) is 11.3 Å². The molecule has 28 heavy (non-hydrogen) atoms. The Labute approximate surface area is 188 Å². The topological polar surface area (TPSA) is 48.9 Å². The molecule has 6 heteroatoms. The molecule has 1 aliphatic heterocycles. The van der Waals surface area contributed by atoms with Crippen molar-refractivity contribution in [2.45, 2.75) is 59.2 Å². The molecule has 0 aromatic heterocycles. The van der Waals surface area contributed by atoms with Crippen molar-refractivity contribution in [3.63, 3.8) is 0 Å². The molecular weight excluding hydrogens is 463 g/mol. The number of hydrogen-bond donors (Lipinski definition) is 2. The molecule has 1 unspecified atom stereocenters. The van der Waals surface area contributed by atoms with Crippen molar-refractivity contribution in [1.82, 2.24) is 15.5 Å². The number of ether oxygens (including phenoxy) is 1. The molecule has 1 fully saturated rings. The Morgan fingerprint density at radius 2 is 1.86 bits per heavy atom. The average Bonchev–Trinajstić information content (AvgIpc) is 2.63. The minimum Gasteiger partial charge on any atom is -0.379 e. The number of nitrogens with one attached hydrogen (secondary N) is 2. The number of likely N-dealkylation sites (tertiary alicyclic amines) is 1. The maximum atomic E-state index is 5.63. The van der Waals surface area contributed by atoms with Crippen LogP contribution in [0.25, 0.3) is 0 Å². The molecule has 1 atom stereocenters. The Balaban J connectivity index is 0.00000392. The van der Waals surface area contributed by atoms with Gasteiger partial charge < -0.3 is 15.4 Å². The summed E-state index contributed by atoms with van der Waals surface area (Å²) in [5.41, 5.74) is 1.48. The standard InChI is InChI=1S/C22H38N4O.HI/c1-6-23-21(24-16-20(27-5)22(2,3)4)25-19-12-14-26(15-13-19)17-18-10-8-7-9-11-18;/h7-11,19-20H,6,12-17H2,1-5H3,(H2,23,24,25);1H. The van der Waals surface area contributed by atoms with Crippen molar-refractivity contribution >= 4 is 29.9 Å². The van der Waals surface area contributed by atoms with E-state index >= 15 is 0 Å². The number of guanidine groups is 1. The Kier molecular flexibility index (Phi) is 11.4. The summed E-state index contributed by atoms with van der Waals surface area (Å²) in [6, 6.07) is 11.2. The summed E-state index contributed by atoms with van der Waals surface area (Å²) in [7, 11) is 1.77. The zero-order valence-electron chi connectivity index (χ0n) is 18.2. The summed E-state index contributed by atoms with van der Waals surface area (Å²) in [4.78, 5) is 7.33. The number of piperidine rings is 1. The van der Waals surface area contributed by atoms with Gasteiger partial charge in [-0.2, -0.15) is 0 Å². The first-order valence-corrected chi connectivity index (χ1v) is 10.3. The van der Waals surface area contributed by atoms with E-state index in [1.165, 1.54) is 5.56 Å². The third-order valence-corrected chi connectivity index (χ3v) is 5.19. The van der Waals surface area contributed by atoms with Gasteiger partial charge in [0.05, 0.1) is 12.6 Å². The molecule has 5 nitrogen and oxygen atoms in total. The van der Waals surface area contributed by atoms with Gasteiger partial charge in [0.25, 0.3) is 0 Å². The maximum Gasteiger partial charge on any atom is 0.191 e. The van der Waals surface area contributed by atoms with Gasteiger partial charge in [0.2, 0.25) is 0 Å². The molecule has 0 radical (unpaired) electrons. The van der Waals surface area contributed by atoms with E-state index in [0.717, 1.165) is 45.0 Å². The van der Waals surface area contributed by atoms with Gasteiger partial charge in [0.1, 0.15) is 0 Å². The van der Waals surface area contributed by atoms with E-state index in [9.17, 15) is 0 Å². The normalized spacial score (nSPS) is 17.7. The van der Waals surface area contributed by atoms with Crippen molar-refractivity contribution < 1.29 is 4.74 Å². The Morgan fingerprint density at radius 3 is 2.39 bits per heavy atom. The Bertz CT molecular complexity index is 566. The highest BCUT2D eigenvalue weighted by molar-refractivity contribution is 14.0. The first kappa shape index (κ1) is 25.2. The lowest BCUT2D eigenvalue weighted by Gasteiger charge is -2.33.